The van der Waals surface area contributed by atoms with Crippen molar-refractivity contribution >= 4 is 142 Å². The van der Waals surface area contributed by atoms with Crippen molar-refractivity contribution < 1.29 is 97.6 Å². The number of hydrazone groups is 2. The molecule has 2 aliphatic carbocycles. The third kappa shape index (κ3) is 13.4. The van der Waals surface area contributed by atoms with E-state index in [1.807, 2.05) is 0 Å². The Hall–Kier alpha value is -9.86. The van der Waals surface area contributed by atoms with E-state index in [0.29, 0.717) is 36.4 Å². The molecule has 0 spiro atoms. The SMILES string of the molecule is O=C1/C(=N/Nc2ccccc2S(=O)(=O)O)C(S(=O)(=O)O)=Cc2cc(S(=O)(=O)O)cc(N=c3nc(Nc4ccc(Nc5nc(O)[nH]c(=Nc6cc(S(=O)(=O)O)cc7c6C(=O)/C(=N/Nc6ccccc6S(=O)(=O)O)C(S(=O)(=O)O)=C7)n5)cc4)nc(O)[nH]3)c21. The first-order valence-corrected chi connectivity index (χ1v) is 31.3. The number of rotatable bonds is 16. The molecule has 0 atom stereocenters. The number of aromatic hydroxyl groups is 2. The molecule has 5 aromatic carbocycles. The Labute approximate surface area is 480 Å². The lowest BCUT2D eigenvalue weighted by atomic mass is 9.93. The van der Waals surface area contributed by atoms with Crippen molar-refractivity contribution in [2.24, 2.45) is 20.2 Å². The summed E-state index contributed by atoms with van der Waals surface area (Å²) in [4.78, 5) is 50.8. The normalized spacial score (nSPS) is 15.4. The van der Waals surface area contributed by atoms with Crippen LogP contribution < -0.4 is 32.7 Å². The van der Waals surface area contributed by atoms with Crippen LogP contribution in [-0.4, -0.2) is 141 Å². The van der Waals surface area contributed by atoms with Crippen LogP contribution in [0.15, 0.2) is 147 Å². The van der Waals surface area contributed by atoms with Gasteiger partial charge in [0.25, 0.3) is 72.7 Å². The van der Waals surface area contributed by atoms with E-state index >= 15 is 0 Å². The van der Waals surface area contributed by atoms with E-state index in [1.54, 1.807) is 0 Å². The summed E-state index contributed by atoms with van der Waals surface area (Å²) in [5.41, 5.74) is -3.82. The van der Waals surface area contributed by atoms with Gasteiger partial charge >= 0.3 is 0 Å². The number of hydrogen-bond acceptors (Lipinski definition) is 28. The van der Waals surface area contributed by atoms with Crippen LogP contribution in [0.25, 0.3) is 12.2 Å². The largest absolute Gasteiger partial charge is 0.480 e. The molecule has 14 N–H and O–H groups in total. The Kier molecular flexibility index (Phi) is 15.7. The fraction of sp³-hybridized carbons (Fsp3) is 0. The first-order valence-electron chi connectivity index (χ1n) is 22.7. The first-order chi connectivity index (χ1) is 40.0. The summed E-state index contributed by atoms with van der Waals surface area (Å²) >= 11 is 0. The number of H-pyrrole nitrogens is 2. The van der Waals surface area contributed by atoms with Crippen LogP contribution in [0.2, 0.25) is 0 Å². The van der Waals surface area contributed by atoms with E-state index in [4.69, 9.17) is 0 Å². The smallest absolute Gasteiger partial charge is 0.297 e. The molecule has 0 bridgehead atoms. The first kappa shape index (κ1) is 60.7. The fourth-order valence-electron chi connectivity index (χ4n) is 7.83. The second kappa shape index (κ2) is 22.3. The van der Waals surface area contributed by atoms with E-state index in [9.17, 15) is 97.6 Å². The summed E-state index contributed by atoms with van der Waals surface area (Å²) in [5.74, 6) is -3.72. The Bertz CT molecular complexity index is 4810. The Morgan fingerprint density at radius 1 is 0.430 bits per heavy atom. The summed E-state index contributed by atoms with van der Waals surface area (Å²) in [6.07, 6.45) is 1.15. The molecule has 7 aromatic rings. The van der Waals surface area contributed by atoms with E-state index in [2.05, 4.69) is 71.6 Å². The number of ketones is 2. The average molecular weight is 1300 g/mol. The number of benzene rings is 5. The third-order valence-electron chi connectivity index (χ3n) is 11.4. The molecule has 9 rings (SSSR count). The predicted octanol–water partition coefficient (Wildman–Crippen LogP) is 2.06. The van der Waals surface area contributed by atoms with Gasteiger partial charge in [0.1, 0.15) is 19.6 Å². The number of aromatic amines is 2. The molecule has 0 saturated carbocycles. The van der Waals surface area contributed by atoms with Crippen molar-refractivity contribution in [3.8, 4) is 12.0 Å². The number of nitrogens with one attached hydrogen (secondary N) is 6. The molecule has 0 amide bonds. The van der Waals surface area contributed by atoms with Crippen LogP contribution in [0.4, 0.5) is 46.0 Å². The summed E-state index contributed by atoms with van der Waals surface area (Å²) in [5, 5.41) is 34.0. The Morgan fingerprint density at radius 3 is 1.10 bits per heavy atom. The summed E-state index contributed by atoms with van der Waals surface area (Å²) < 4.78 is 207. The van der Waals surface area contributed by atoms with Crippen LogP contribution in [0.1, 0.15) is 31.8 Å². The number of fused-ring (bicyclic) bond motifs is 2. The fourth-order valence-corrected chi connectivity index (χ4v) is 11.5. The van der Waals surface area contributed by atoms with E-state index in [0.717, 1.165) is 24.3 Å². The van der Waals surface area contributed by atoms with Gasteiger partial charge in [-0.3, -0.25) is 57.7 Å². The maximum Gasteiger partial charge on any atom is 0.297 e. The third-order valence-corrected chi connectivity index (χ3v) is 16.6. The van der Waals surface area contributed by atoms with E-state index < -0.39 is 193 Å². The molecule has 86 heavy (non-hydrogen) atoms. The van der Waals surface area contributed by atoms with Gasteiger partial charge in [0, 0.05) is 11.4 Å². The topological polar surface area (TPSA) is 582 Å². The highest BCUT2D eigenvalue weighted by Crippen LogP contribution is 2.37. The second-order valence-electron chi connectivity index (χ2n) is 17.2. The minimum absolute atomic E-state index is 0.140. The summed E-state index contributed by atoms with van der Waals surface area (Å²) in [7, 11) is -31.1. The Morgan fingerprint density at radius 2 is 0.779 bits per heavy atom. The molecule has 2 aromatic heterocycles. The van der Waals surface area contributed by atoms with Gasteiger partial charge in [-0.1, -0.05) is 24.3 Å². The summed E-state index contributed by atoms with van der Waals surface area (Å²) in [6, 6.07) is 15.1. The van der Waals surface area contributed by atoms with E-state index in [1.165, 1.54) is 48.5 Å². The van der Waals surface area contributed by atoms with Gasteiger partial charge in [-0.25, -0.2) is 9.98 Å². The molecule has 446 valence electrons. The number of hydrogen-bond donors (Lipinski definition) is 14. The highest BCUT2D eigenvalue weighted by Gasteiger charge is 2.38. The van der Waals surface area contributed by atoms with E-state index in [-0.39, 0.29) is 11.4 Å². The lowest BCUT2D eigenvalue weighted by molar-refractivity contribution is 0.105. The van der Waals surface area contributed by atoms with Crippen LogP contribution in [0.5, 0.6) is 12.0 Å². The number of carbonyl (C=O) groups excluding carboxylic acids is 2. The van der Waals surface area contributed by atoms with Crippen LogP contribution in [0.3, 0.4) is 0 Å². The van der Waals surface area contributed by atoms with Crippen LogP contribution in [0, 0.1) is 0 Å². The molecule has 2 heterocycles. The second-order valence-corrected chi connectivity index (χ2v) is 25.6. The quantitative estimate of drug-likeness (QED) is 0.0486. The van der Waals surface area contributed by atoms with Gasteiger partial charge in [0.2, 0.25) is 34.7 Å². The van der Waals surface area contributed by atoms with Crippen molar-refractivity contribution in [3.05, 3.63) is 140 Å². The number of para-hydroxylation sites is 2. The molecular weight excluding hydrogens is 1270 g/mol. The zero-order chi connectivity index (χ0) is 62.6. The molecular formula is C44H32N14O22S6. The lowest BCUT2D eigenvalue weighted by Crippen LogP contribution is -2.28. The van der Waals surface area contributed by atoms with Gasteiger partial charge < -0.3 is 20.8 Å². The summed E-state index contributed by atoms with van der Waals surface area (Å²) in [6.45, 7) is 0. The maximum atomic E-state index is 14.2. The van der Waals surface area contributed by atoms with Crippen LogP contribution in [-0.2, 0) is 60.7 Å². The van der Waals surface area contributed by atoms with Crippen molar-refractivity contribution in [1.29, 1.82) is 0 Å². The highest BCUT2D eigenvalue weighted by atomic mass is 32.2. The number of anilines is 6. The van der Waals surface area contributed by atoms with Gasteiger partial charge in [-0.15, -0.1) is 0 Å². The minimum atomic E-state index is -5.42. The molecule has 42 heteroatoms. The molecule has 0 unspecified atom stereocenters. The van der Waals surface area contributed by atoms with Gasteiger partial charge in [0.15, 0.2) is 11.4 Å². The zero-order valence-electron chi connectivity index (χ0n) is 41.7. The van der Waals surface area contributed by atoms with Crippen molar-refractivity contribution in [3.63, 3.8) is 0 Å². The predicted molar refractivity (Wildman–Crippen MR) is 294 cm³/mol. The molecule has 2 aliphatic rings. The molecule has 0 radical (unpaired) electrons. The highest BCUT2D eigenvalue weighted by molar-refractivity contribution is 7.91. The molecule has 0 saturated heterocycles. The van der Waals surface area contributed by atoms with Crippen molar-refractivity contribution in [2.75, 3.05) is 21.5 Å². The monoisotopic (exact) mass is 1300 g/mol. The van der Waals surface area contributed by atoms with Gasteiger partial charge in [-0.2, -0.15) is 80.6 Å². The lowest BCUT2D eigenvalue weighted by Gasteiger charge is -2.18. The standard InChI is InChI=1S/C44H32N14O22S6/c59-37-33-19(15-31(85(75,76)77)35(37)57-55-25-5-1-3-7-29(25)83(69,70)71)13-23(81(63,64)65)17-27(33)47-41-49-39(51-43(61)53-41)45-21-9-11-22(12-10-21)46-40-50-42(54-44(62)52-40)48-28-18-24(82(66,67)68)14-20-16-32(86(78,79)80)36(38(60)34(20)28)58-56-26-6-2-4-8-30(26)84(72,73)74/h1-18,55-56H,(H,63,64,65)(H,66,67,68)(H,69,70,71)(H,72,73,74)(H,75,76,77)(H,78,79,80)(H3,45,47,49,51,53,61)(H3,46,48,50,52,54,62)/b57-35+,58-36+. The van der Waals surface area contributed by atoms with Crippen molar-refractivity contribution in [1.82, 2.24) is 29.9 Å². The van der Waals surface area contributed by atoms with Gasteiger partial charge in [0.05, 0.1) is 43.7 Å². The number of nitrogens with zero attached hydrogens (tertiary/aromatic N) is 8. The molecule has 0 aliphatic heterocycles. The van der Waals surface area contributed by atoms with Crippen molar-refractivity contribution in [2.45, 2.75) is 19.6 Å². The number of allylic oxidation sites excluding steroid dienone is 2. The zero-order valence-corrected chi connectivity index (χ0v) is 46.6. The molecule has 36 nitrogen and oxygen atoms in total. The average Bonchev–Trinajstić information content (AvgIpc) is 1.03. The minimum Gasteiger partial charge on any atom is -0.480 e. The number of Topliss-reactive ketones (excluding diaryl/α,β-unsaturated/α-hetero) is 2. The van der Waals surface area contributed by atoms with Crippen LogP contribution >= 0.6 is 0 Å². The van der Waals surface area contributed by atoms with Gasteiger partial charge in [-0.05, 0) is 96.1 Å². The maximum absolute atomic E-state index is 14.2. The molecule has 0 fully saturated rings. The number of carbonyl (C=O) groups is 2. The number of aromatic nitrogens is 6. The Balaban J connectivity index is 1.03.